The van der Waals surface area contributed by atoms with Gasteiger partial charge in [0.1, 0.15) is 9.76 Å². The lowest BCUT2D eigenvalue weighted by Crippen LogP contribution is -2.52. The van der Waals surface area contributed by atoms with Gasteiger partial charge in [0.25, 0.3) is 0 Å². The van der Waals surface area contributed by atoms with Gasteiger partial charge in [0.05, 0.1) is 0 Å². The number of rotatable bonds is 6. The average Bonchev–Trinajstić information content (AvgIpc) is 2.25. The molecule has 1 aliphatic rings. The van der Waals surface area contributed by atoms with Gasteiger partial charge >= 0.3 is 17.1 Å². The van der Waals surface area contributed by atoms with Gasteiger partial charge in [-0.25, -0.2) is 0 Å². The van der Waals surface area contributed by atoms with Gasteiger partial charge in [-0.2, -0.15) is 0 Å². The first-order valence-corrected chi connectivity index (χ1v) is 22.0. The van der Waals surface area contributed by atoms with Crippen molar-refractivity contribution in [3.8, 4) is 0 Å². The molecule has 1 saturated heterocycles. The number of hydrogen-bond acceptors (Lipinski definition) is 4. The molecule has 1 rings (SSSR count). The Kier molecular flexibility index (Phi) is 10.5. The summed E-state index contributed by atoms with van der Waals surface area (Å²) >= 11 is 0. The molecule has 9 heteroatoms. The van der Waals surface area contributed by atoms with Crippen LogP contribution in [0.25, 0.3) is 0 Å². The third-order valence-corrected chi connectivity index (χ3v) is 17.3. The summed E-state index contributed by atoms with van der Waals surface area (Å²) in [6.45, 7) is 20.6. The molecular formula is C13H38O4Si5. The van der Waals surface area contributed by atoms with E-state index in [1.807, 2.05) is 0 Å². The molecule has 1 heterocycles. The van der Waals surface area contributed by atoms with Crippen molar-refractivity contribution >= 4 is 44.2 Å². The highest BCUT2D eigenvalue weighted by molar-refractivity contribution is 6.86. The number of hydrogen-bond donors (Lipinski definition) is 0. The van der Waals surface area contributed by atoms with Crippen molar-refractivity contribution in [2.75, 3.05) is 6.61 Å². The fraction of sp³-hybridized carbons (Fsp3) is 1.00. The average molecular weight is 399 g/mol. The van der Waals surface area contributed by atoms with E-state index in [1.54, 1.807) is 0 Å². The molecule has 1 fully saturated rings. The molecule has 0 aromatic rings. The second kappa shape index (κ2) is 10.0. The van der Waals surface area contributed by atoms with Crippen LogP contribution in [0.4, 0.5) is 0 Å². The lowest BCUT2D eigenvalue weighted by molar-refractivity contribution is 0.291. The minimum Gasteiger partial charge on any atom is -0.442 e. The first-order valence-electron chi connectivity index (χ1n) is 8.53. The third-order valence-electron chi connectivity index (χ3n) is 2.94. The van der Waals surface area contributed by atoms with Crippen LogP contribution < -0.4 is 0 Å². The maximum Gasteiger partial charge on any atom is 0.312 e. The highest BCUT2D eigenvalue weighted by atomic mass is 28.5. The van der Waals surface area contributed by atoms with Gasteiger partial charge in [-0.1, -0.05) is 13.0 Å². The van der Waals surface area contributed by atoms with Crippen LogP contribution in [-0.2, 0) is 16.8 Å². The summed E-state index contributed by atoms with van der Waals surface area (Å²) in [5.41, 5.74) is 0. The SMILES string of the molecule is C[SiH2]O[Si](C)(C)O[Si](C)(C)O[Si](C)(C)C.C[SiH]1CCCCO1. The van der Waals surface area contributed by atoms with E-state index >= 15 is 0 Å². The smallest absolute Gasteiger partial charge is 0.312 e. The monoisotopic (exact) mass is 398 g/mol. The Morgan fingerprint density at radius 3 is 1.82 bits per heavy atom. The second-order valence-corrected chi connectivity index (χ2v) is 23.4. The molecule has 0 N–H and O–H groups in total. The van der Waals surface area contributed by atoms with E-state index in [-0.39, 0.29) is 9.76 Å². The molecule has 0 aromatic carbocycles. The summed E-state index contributed by atoms with van der Waals surface area (Å²) in [4.78, 5) is 0. The molecule has 1 aliphatic heterocycles. The van der Waals surface area contributed by atoms with Gasteiger partial charge in [-0.05, 0) is 64.8 Å². The van der Waals surface area contributed by atoms with Crippen LogP contribution in [0, 0.1) is 0 Å². The van der Waals surface area contributed by atoms with E-state index in [2.05, 4.69) is 58.9 Å². The Hall–Kier alpha value is 0.924. The quantitative estimate of drug-likeness (QED) is 0.641. The van der Waals surface area contributed by atoms with E-state index in [9.17, 15) is 0 Å². The van der Waals surface area contributed by atoms with Crippen molar-refractivity contribution in [2.24, 2.45) is 0 Å². The van der Waals surface area contributed by atoms with Gasteiger partial charge in [-0.15, -0.1) is 0 Å². The van der Waals surface area contributed by atoms with Gasteiger partial charge in [0.15, 0.2) is 17.4 Å². The molecule has 0 amide bonds. The van der Waals surface area contributed by atoms with Gasteiger partial charge < -0.3 is 16.8 Å². The molecule has 0 spiro atoms. The zero-order valence-electron chi connectivity index (χ0n) is 16.2. The molecule has 134 valence electrons. The van der Waals surface area contributed by atoms with E-state index in [1.165, 1.54) is 18.9 Å². The van der Waals surface area contributed by atoms with Gasteiger partial charge in [-0.3, -0.25) is 0 Å². The molecule has 0 radical (unpaired) electrons. The van der Waals surface area contributed by atoms with E-state index in [0.717, 1.165) is 6.61 Å². The molecule has 1 atom stereocenters. The Labute approximate surface area is 145 Å². The van der Waals surface area contributed by atoms with Crippen molar-refractivity contribution in [3.05, 3.63) is 0 Å². The van der Waals surface area contributed by atoms with Crippen LogP contribution in [0.15, 0.2) is 0 Å². The third kappa shape index (κ3) is 13.4. The maximum absolute atomic E-state index is 6.14. The molecule has 4 nitrogen and oxygen atoms in total. The van der Waals surface area contributed by atoms with Crippen LogP contribution in [0.3, 0.4) is 0 Å². The zero-order valence-corrected chi connectivity index (χ0v) is 21.8. The molecular weight excluding hydrogens is 361 g/mol. The fourth-order valence-corrected chi connectivity index (χ4v) is 19.0. The van der Waals surface area contributed by atoms with Crippen molar-refractivity contribution in [1.29, 1.82) is 0 Å². The van der Waals surface area contributed by atoms with Crippen LogP contribution in [-0.4, -0.2) is 50.8 Å². The molecule has 0 aliphatic carbocycles. The largest absolute Gasteiger partial charge is 0.442 e. The van der Waals surface area contributed by atoms with E-state index in [4.69, 9.17) is 16.8 Å². The first kappa shape index (κ1) is 22.9. The molecule has 1 unspecified atom stereocenters. The summed E-state index contributed by atoms with van der Waals surface area (Å²) in [5, 5.41) is 0. The highest BCUT2D eigenvalue weighted by Crippen LogP contribution is 2.20. The second-order valence-electron chi connectivity index (χ2n) is 7.73. The predicted octanol–water partition coefficient (Wildman–Crippen LogP) is 3.56. The Morgan fingerprint density at radius 1 is 0.909 bits per heavy atom. The minimum absolute atomic E-state index is 0.386. The topological polar surface area (TPSA) is 36.9 Å². The summed E-state index contributed by atoms with van der Waals surface area (Å²) in [6, 6.07) is 1.40. The van der Waals surface area contributed by atoms with Crippen molar-refractivity contribution in [1.82, 2.24) is 0 Å². The van der Waals surface area contributed by atoms with Crippen LogP contribution in [0.2, 0.25) is 65.0 Å². The summed E-state index contributed by atoms with van der Waals surface area (Å²) in [7, 11) is -6.39. The predicted molar refractivity (Wildman–Crippen MR) is 109 cm³/mol. The summed E-state index contributed by atoms with van der Waals surface area (Å²) in [6.07, 6.45) is 2.73. The van der Waals surface area contributed by atoms with Crippen LogP contribution in [0.1, 0.15) is 12.8 Å². The lowest BCUT2D eigenvalue weighted by Gasteiger charge is -2.36. The van der Waals surface area contributed by atoms with Crippen molar-refractivity contribution in [2.45, 2.75) is 77.8 Å². The highest BCUT2D eigenvalue weighted by Gasteiger charge is 2.38. The summed E-state index contributed by atoms with van der Waals surface area (Å²) in [5.74, 6) is 0. The fourth-order valence-electron chi connectivity index (χ4n) is 2.63. The van der Waals surface area contributed by atoms with Crippen LogP contribution in [0.5, 0.6) is 0 Å². The molecule has 22 heavy (non-hydrogen) atoms. The minimum atomic E-state index is -1.99. The van der Waals surface area contributed by atoms with E-state index < -0.39 is 34.5 Å². The van der Waals surface area contributed by atoms with Crippen LogP contribution >= 0.6 is 0 Å². The molecule has 0 bridgehead atoms. The first-order chi connectivity index (χ1) is 9.87. The summed E-state index contributed by atoms with van der Waals surface area (Å²) < 4.78 is 23.5. The standard InChI is InChI=1S/C8H26O3Si4.C5H12OSi/c1-12-9-14(5,6)11-15(7,8)10-13(2,3)4;1-7-5-3-2-4-6-7/h12H2,1-8H3;7H,2-5H2,1H3. The Balaban J connectivity index is 0.000000518. The lowest BCUT2D eigenvalue weighted by atomic mass is 10.4. The molecule has 0 aromatic heterocycles. The van der Waals surface area contributed by atoms with Crippen molar-refractivity contribution in [3.63, 3.8) is 0 Å². The van der Waals surface area contributed by atoms with Crippen molar-refractivity contribution < 1.29 is 16.8 Å². The Morgan fingerprint density at radius 2 is 1.50 bits per heavy atom. The maximum atomic E-state index is 6.14. The Bertz CT molecular complexity index is 301. The normalized spacial score (nSPS) is 20.9. The molecule has 0 saturated carbocycles. The van der Waals surface area contributed by atoms with E-state index in [0.29, 0.717) is 0 Å². The zero-order chi connectivity index (χ0) is 17.4. The van der Waals surface area contributed by atoms with Gasteiger partial charge in [0.2, 0.25) is 0 Å². The van der Waals surface area contributed by atoms with Gasteiger partial charge in [0, 0.05) is 6.61 Å².